The summed E-state index contributed by atoms with van der Waals surface area (Å²) in [4.78, 5) is 2.48. The van der Waals surface area contributed by atoms with Gasteiger partial charge in [-0.2, -0.15) is 5.26 Å². The second-order valence-electron chi connectivity index (χ2n) is 5.48. The molecule has 1 atom stereocenters. The monoisotopic (exact) mass is 194 g/mol. The lowest BCUT2D eigenvalue weighted by molar-refractivity contribution is 0.0485. The Morgan fingerprint density at radius 3 is 2.64 bits per heavy atom. The lowest BCUT2D eigenvalue weighted by Gasteiger charge is -2.45. The van der Waals surface area contributed by atoms with E-state index in [4.69, 9.17) is 5.26 Å². The first kappa shape index (κ1) is 11.5. The average Bonchev–Trinajstić information content (AvgIpc) is 2.08. The zero-order valence-electron chi connectivity index (χ0n) is 9.88. The third kappa shape index (κ3) is 2.72. The van der Waals surface area contributed by atoms with Crippen LogP contribution in [0.3, 0.4) is 0 Å². The highest BCUT2D eigenvalue weighted by Gasteiger charge is 2.34. The van der Waals surface area contributed by atoms with Crippen molar-refractivity contribution < 1.29 is 0 Å². The number of hydrogen-bond donors (Lipinski definition) is 0. The zero-order valence-corrected chi connectivity index (χ0v) is 9.88. The van der Waals surface area contributed by atoms with Gasteiger partial charge in [-0.05, 0) is 32.6 Å². The fourth-order valence-electron chi connectivity index (χ4n) is 2.16. The van der Waals surface area contributed by atoms with Crippen molar-refractivity contribution in [3.63, 3.8) is 0 Å². The standard InChI is InChI=1S/C12H22N2/c1-10(2)8-14-9-11(7-13)5-6-12(14,3)4/h10-11H,5-6,8-9H2,1-4H3. The SMILES string of the molecule is CC(C)CN1CC(C#N)CCC1(C)C. The van der Waals surface area contributed by atoms with E-state index in [0.29, 0.717) is 5.92 Å². The Balaban J connectivity index is 2.62. The third-order valence-electron chi connectivity index (χ3n) is 3.17. The van der Waals surface area contributed by atoms with E-state index in [9.17, 15) is 0 Å². The van der Waals surface area contributed by atoms with Crippen molar-refractivity contribution in [3.8, 4) is 6.07 Å². The van der Waals surface area contributed by atoms with E-state index in [-0.39, 0.29) is 11.5 Å². The Bertz CT molecular complexity index is 225. The molecule has 0 aromatic rings. The number of likely N-dealkylation sites (tertiary alicyclic amines) is 1. The molecule has 1 aliphatic heterocycles. The van der Waals surface area contributed by atoms with Crippen molar-refractivity contribution in [1.82, 2.24) is 4.90 Å². The summed E-state index contributed by atoms with van der Waals surface area (Å²) in [6, 6.07) is 2.40. The molecule has 0 radical (unpaired) electrons. The molecule has 1 heterocycles. The first-order valence-corrected chi connectivity index (χ1v) is 5.60. The van der Waals surface area contributed by atoms with Crippen LogP contribution in [0.1, 0.15) is 40.5 Å². The van der Waals surface area contributed by atoms with E-state index in [1.54, 1.807) is 0 Å². The van der Waals surface area contributed by atoms with E-state index in [2.05, 4.69) is 38.7 Å². The van der Waals surface area contributed by atoms with Gasteiger partial charge in [-0.1, -0.05) is 13.8 Å². The van der Waals surface area contributed by atoms with Crippen molar-refractivity contribution in [2.75, 3.05) is 13.1 Å². The molecule has 80 valence electrons. The summed E-state index contributed by atoms with van der Waals surface area (Å²) in [5.41, 5.74) is 0.289. The highest BCUT2D eigenvalue weighted by Crippen LogP contribution is 2.30. The summed E-state index contributed by atoms with van der Waals surface area (Å²) < 4.78 is 0. The Kier molecular flexibility index (Phi) is 3.55. The number of hydrogen-bond acceptors (Lipinski definition) is 2. The maximum absolute atomic E-state index is 8.94. The predicted molar refractivity (Wildman–Crippen MR) is 58.8 cm³/mol. The molecule has 1 rings (SSSR count). The highest BCUT2D eigenvalue weighted by atomic mass is 15.2. The van der Waals surface area contributed by atoms with Crippen LogP contribution in [0.5, 0.6) is 0 Å². The van der Waals surface area contributed by atoms with Crippen LogP contribution in [0, 0.1) is 23.2 Å². The summed E-state index contributed by atoms with van der Waals surface area (Å²) in [5, 5.41) is 8.94. The molecule has 14 heavy (non-hydrogen) atoms. The summed E-state index contributed by atoms with van der Waals surface area (Å²) in [6.45, 7) is 11.1. The van der Waals surface area contributed by atoms with Crippen molar-refractivity contribution in [2.24, 2.45) is 11.8 Å². The maximum atomic E-state index is 8.94. The fourth-order valence-corrected chi connectivity index (χ4v) is 2.16. The molecule has 0 saturated carbocycles. The smallest absolute Gasteiger partial charge is 0.0669 e. The number of rotatable bonds is 2. The van der Waals surface area contributed by atoms with E-state index in [1.807, 2.05) is 0 Å². The average molecular weight is 194 g/mol. The fraction of sp³-hybridized carbons (Fsp3) is 0.917. The van der Waals surface area contributed by atoms with Crippen LogP contribution in [0.25, 0.3) is 0 Å². The van der Waals surface area contributed by atoms with Crippen molar-refractivity contribution >= 4 is 0 Å². The number of piperidine rings is 1. The Labute approximate surface area is 87.9 Å². The molecule has 0 N–H and O–H groups in total. The second-order valence-corrected chi connectivity index (χ2v) is 5.48. The van der Waals surface area contributed by atoms with Gasteiger partial charge in [-0.25, -0.2) is 0 Å². The van der Waals surface area contributed by atoms with Crippen LogP contribution >= 0.6 is 0 Å². The normalized spacial score (nSPS) is 27.6. The lowest BCUT2D eigenvalue weighted by atomic mass is 9.85. The summed E-state index contributed by atoms with van der Waals surface area (Å²) in [5.74, 6) is 0.938. The summed E-state index contributed by atoms with van der Waals surface area (Å²) >= 11 is 0. The van der Waals surface area contributed by atoms with Crippen LogP contribution in [0.2, 0.25) is 0 Å². The molecular formula is C12H22N2. The number of nitrogens with zero attached hydrogens (tertiary/aromatic N) is 2. The van der Waals surface area contributed by atoms with Crippen molar-refractivity contribution in [3.05, 3.63) is 0 Å². The van der Waals surface area contributed by atoms with E-state index in [1.165, 1.54) is 0 Å². The number of nitriles is 1. The molecule has 1 fully saturated rings. The van der Waals surface area contributed by atoms with Gasteiger partial charge < -0.3 is 0 Å². The predicted octanol–water partition coefficient (Wildman–Crippen LogP) is 2.66. The molecule has 2 nitrogen and oxygen atoms in total. The molecule has 2 heteroatoms. The molecule has 0 amide bonds. The molecule has 1 aliphatic rings. The van der Waals surface area contributed by atoms with Crippen LogP contribution in [0.4, 0.5) is 0 Å². The van der Waals surface area contributed by atoms with Crippen LogP contribution < -0.4 is 0 Å². The van der Waals surface area contributed by atoms with Gasteiger partial charge in [0.1, 0.15) is 0 Å². The summed E-state index contributed by atoms with van der Waals surface area (Å²) in [6.07, 6.45) is 2.22. The molecule has 0 aliphatic carbocycles. The first-order chi connectivity index (χ1) is 6.45. The van der Waals surface area contributed by atoms with Crippen molar-refractivity contribution in [2.45, 2.75) is 46.1 Å². The molecule has 0 spiro atoms. The van der Waals surface area contributed by atoms with Crippen LogP contribution in [-0.2, 0) is 0 Å². The van der Waals surface area contributed by atoms with E-state index < -0.39 is 0 Å². The minimum Gasteiger partial charge on any atom is -0.297 e. The van der Waals surface area contributed by atoms with Gasteiger partial charge >= 0.3 is 0 Å². The Morgan fingerprint density at radius 1 is 1.50 bits per heavy atom. The Morgan fingerprint density at radius 2 is 2.14 bits per heavy atom. The lowest BCUT2D eigenvalue weighted by Crippen LogP contribution is -2.51. The van der Waals surface area contributed by atoms with E-state index in [0.717, 1.165) is 25.9 Å². The third-order valence-corrected chi connectivity index (χ3v) is 3.17. The van der Waals surface area contributed by atoms with Gasteiger partial charge in [0.05, 0.1) is 12.0 Å². The highest BCUT2D eigenvalue weighted by molar-refractivity contribution is 4.96. The van der Waals surface area contributed by atoms with Crippen LogP contribution in [-0.4, -0.2) is 23.5 Å². The molecule has 0 bridgehead atoms. The van der Waals surface area contributed by atoms with Gasteiger partial charge in [0, 0.05) is 18.6 Å². The second kappa shape index (κ2) is 4.31. The van der Waals surface area contributed by atoms with Gasteiger partial charge in [0.2, 0.25) is 0 Å². The van der Waals surface area contributed by atoms with Gasteiger partial charge in [0.15, 0.2) is 0 Å². The minimum absolute atomic E-state index is 0.252. The van der Waals surface area contributed by atoms with Gasteiger partial charge in [-0.3, -0.25) is 4.90 Å². The molecule has 1 saturated heterocycles. The summed E-state index contributed by atoms with van der Waals surface area (Å²) in [7, 11) is 0. The maximum Gasteiger partial charge on any atom is 0.0669 e. The largest absolute Gasteiger partial charge is 0.297 e. The van der Waals surface area contributed by atoms with Crippen LogP contribution in [0.15, 0.2) is 0 Å². The molecule has 0 aromatic heterocycles. The molecule has 1 unspecified atom stereocenters. The molecular weight excluding hydrogens is 172 g/mol. The quantitative estimate of drug-likeness (QED) is 0.675. The van der Waals surface area contributed by atoms with Gasteiger partial charge in [0.25, 0.3) is 0 Å². The molecule has 0 aromatic carbocycles. The topological polar surface area (TPSA) is 27.0 Å². The first-order valence-electron chi connectivity index (χ1n) is 5.60. The zero-order chi connectivity index (χ0) is 10.8. The van der Waals surface area contributed by atoms with Gasteiger partial charge in [-0.15, -0.1) is 0 Å². The van der Waals surface area contributed by atoms with Crippen molar-refractivity contribution in [1.29, 1.82) is 5.26 Å². The van der Waals surface area contributed by atoms with E-state index >= 15 is 0 Å². The Hall–Kier alpha value is -0.550. The minimum atomic E-state index is 0.252.